The number of thiazole rings is 1. The molecule has 0 aliphatic heterocycles. The summed E-state index contributed by atoms with van der Waals surface area (Å²) in [7, 11) is 0. The molecular weight excluding hydrogens is 192 g/mol. The lowest BCUT2D eigenvalue weighted by Crippen LogP contribution is -2.31. The molecule has 0 aliphatic carbocycles. The van der Waals surface area contributed by atoms with E-state index in [1.165, 1.54) is 17.8 Å². The molecule has 3 heteroatoms. The van der Waals surface area contributed by atoms with Gasteiger partial charge >= 0.3 is 0 Å². The van der Waals surface area contributed by atoms with Gasteiger partial charge in [0.2, 0.25) is 0 Å². The predicted octanol–water partition coefficient (Wildman–Crippen LogP) is 2.76. The quantitative estimate of drug-likeness (QED) is 0.815. The number of hydrogen-bond donors (Lipinski definition) is 1. The molecule has 0 spiro atoms. The molecule has 80 valence electrons. The van der Waals surface area contributed by atoms with Gasteiger partial charge in [-0.05, 0) is 12.8 Å². The van der Waals surface area contributed by atoms with Gasteiger partial charge in [0, 0.05) is 23.5 Å². The van der Waals surface area contributed by atoms with E-state index in [0.29, 0.717) is 5.92 Å². The van der Waals surface area contributed by atoms with Crippen molar-refractivity contribution in [1.82, 2.24) is 4.98 Å². The van der Waals surface area contributed by atoms with Crippen molar-refractivity contribution in [3.05, 3.63) is 16.1 Å². The van der Waals surface area contributed by atoms with Gasteiger partial charge in [-0.15, -0.1) is 11.3 Å². The Morgan fingerprint density at radius 2 is 2.07 bits per heavy atom. The van der Waals surface area contributed by atoms with E-state index in [4.69, 9.17) is 5.73 Å². The van der Waals surface area contributed by atoms with Crippen molar-refractivity contribution in [2.75, 3.05) is 0 Å². The van der Waals surface area contributed by atoms with Crippen LogP contribution < -0.4 is 5.73 Å². The second-order valence-corrected chi connectivity index (χ2v) is 4.77. The van der Waals surface area contributed by atoms with Gasteiger partial charge < -0.3 is 5.73 Å². The predicted molar refractivity (Wildman–Crippen MR) is 62.6 cm³/mol. The molecule has 0 amide bonds. The van der Waals surface area contributed by atoms with Gasteiger partial charge in [0.1, 0.15) is 0 Å². The first-order valence-corrected chi connectivity index (χ1v) is 6.21. The van der Waals surface area contributed by atoms with Crippen LogP contribution in [0.25, 0.3) is 0 Å². The molecule has 0 saturated heterocycles. The summed E-state index contributed by atoms with van der Waals surface area (Å²) in [6.07, 6.45) is 3.27. The van der Waals surface area contributed by atoms with Gasteiger partial charge in [-0.2, -0.15) is 0 Å². The normalized spacial score (nSPS) is 13.5. The van der Waals surface area contributed by atoms with Crippen LogP contribution in [-0.2, 0) is 6.42 Å². The molecule has 2 nitrogen and oxygen atoms in total. The fourth-order valence-electron chi connectivity index (χ4n) is 1.76. The highest BCUT2D eigenvalue weighted by molar-refractivity contribution is 7.09. The molecule has 0 saturated carbocycles. The van der Waals surface area contributed by atoms with Crippen LogP contribution in [0.15, 0.2) is 5.38 Å². The van der Waals surface area contributed by atoms with Gasteiger partial charge in [0.25, 0.3) is 0 Å². The Morgan fingerprint density at radius 3 is 2.50 bits per heavy atom. The third kappa shape index (κ3) is 3.07. The van der Waals surface area contributed by atoms with E-state index in [2.05, 4.69) is 24.2 Å². The smallest absolute Gasteiger partial charge is 0.0943 e. The Morgan fingerprint density at radius 1 is 1.43 bits per heavy atom. The third-order valence-corrected chi connectivity index (χ3v) is 3.72. The molecule has 1 aromatic rings. The number of nitrogens with two attached hydrogens (primary N) is 1. The van der Waals surface area contributed by atoms with Gasteiger partial charge in [-0.25, -0.2) is 4.98 Å². The van der Waals surface area contributed by atoms with E-state index in [9.17, 15) is 0 Å². The van der Waals surface area contributed by atoms with Crippen molar-refractivity contribution in [3.63, 3.8) is 0 Å². The fraction of sp³-hybridized carbons (Fsp3) is 0.727. The number of rotatable bonds is 5. The fourth-order valence-corrected chi connectivity index (χ4v) is 2.60. The molecule has 0 bridgehead atoms. The second-order valence-electron chi connectivity index (χ2n) is 3.83. The van der Waals surface area contributed by atoms with E-state index in [-0.39, 0.29) is 6.04 Å². The van der Waals surface area contributed by atoms with Gasteiger partial charge in [0.05, 0.1) is 5.01 Å². The topological polar surface area (TPSA) is 38.9 Å². The molecule has 1 atom stereocenters. The first kappa shape index (κ1) is 11.7. The van der Waals surface area contributed by atoms with Crippen molar-refractivity contribution in [3.8, 4) is 0 Å². The molecular formula is C11H20N2S. The average molecular weight is 212 g/mol. The maximum atomic E-state index is 6.15. The van der Waals surface area contributed by atoms with Gasteiger partial charge in [-0.3, -0.25) is 0 Å². The summed E-state index contributed by atoms with van der Waals surface area (Å²) < 4.78 is 0. The summed E-state index contributed by atoms with van der Waals surface area (Å²) in [5.41, 5.74) is 7.26. The molecule has 14 heavy (non-hydrogen) atoms. The van der Waals surface area contributed by atoms with E-state index < -0.39 is 0 Å². The maximum absolute atomic E-state index is 6.15. The Kier molecular flexibility index (Phi) is 4.55. The largest absolute Gasteiger partial charge is 0.327 e. The summed E-state index contributed by atoms with van der Waals surface area (Å²) in [6, 6.07) is 0.274. The summed E-state index contributed by atoms with van der Waals surface area (Å²) in [6.45, 7) is 6.45. The molecule has 0 aromatic carbocycles. The Balaban J connectivity index is 2.51. The van der Waals surface area contributed by atoms with Crippen molar-refractivity contribution in [2.45, 2.75) is 46.1 Å². The summed E-state index contributed by atoms with van der Waals surface area (Å²) >= 11 is 1.73. The number of nitrogens with zero attached hydrogens (tertiary/aromatic N) is 1. The van der Waals surface area contributed by atoms with Crippen LogP contribution in [0.3, 0.4) is 0 Å². The van der Waals surface area contributed by atoms with Gasteiger partial charge in [0.15, 0.2) is 0 Å². The van der Waals surface area contributed by atoms with E-state index in [1.54, 1.807) is 11.3 Å². The van der Waals surface area contributed by atoms with E-state index in [1.807, 2.05) is 6.92 Å². The minimum absolute atomic E-state index is 0.274. The lowest BCUT2D eigenvalue weighted by Gasteiger charge is -2.19. The van der Waals surface area contributed by atoms with Crippen LogP contribution >= 0.6 is 11.3 Å². The van der Waals surface area contributed by atoms with Crippen LogP contribution in [0.5, 0.6) is 0 Å². The number of aromatic nitrogens is 1. The Bertz CT molecular complexity index is 266. The number of hydrogen-bond acceptors (Lipinski definition) is 3. The number of aryl methyl sites for hydroxylation is 1. The first-order chi connectivity index (χ1) is 6.67. The molecule has 2 N–H and O–H groups in total. The third-order valence-electron chi connectivity index (χ3n) is 2.73. The van der Waals surface area contributed by atoms with Gasteiger partial charge in [-0.1, -0.05) is 26.7 Å². The zero-order chi connectivity index (χ0) is 10.6. The SMILES string of the molecule is CCC(CC)C(N)Cc1nc(C)cs1. The molecule has 1 unspecified atom stereocenters. The molecule has 0 fully saturated rings. The summed E-state index contributed by atoms with van der Waals surface area (Å²) in [5, 5.41) is 3.27. The maximum Gasteiger partial charge on any atom is 0.0943 e. The van der Waals surface area contributed by atoms with Crippen LogP contribution in [-0.4, -0.2) is 11.0 Å². The molecule has 1 aromatic heterocycles. The zero-order valence-electron chi connectivity index (χ0n) is 9.29. The minimum Gasteiger partial charge on any atom is -0.327 e. The van der Waals surface area contributed by atoms with Crippen LogP contribution in [0.4, 0.5) is 0 Å². The minimum atomic E-state index is 0.274. The standard InChI is InChI=1S/C11H20N2S/c1-4-9(5-2)10(12)6-11-13-8(3)7-14-11/h7,9-10H,4-6,12H2,1-3H3. The zero-order valence-corrected chi connectivity index (χ0v) is 10.1. The molecule has 0 radical (unpaired) electrons. The van der Waals surface area contributed by atoms with Crippen molar-refractivity contribution in [2.24, 2.45) is 11.7 Å². The Hall–Kier alpha value is -0.410. The average Bonchev–Trinajstić information content (AvgIpc) is 2.53. The lowest BCUT2D eigenvalue weighted by molar-refractivity contribution is 0.393. The summed E-state index contributed by atoms with van der Waals surface area (Å²) in [5.74, 6) is 0.638. The Labute approximate surface area is 90.6 Å². The molecule has 1 heterocycles. The monoisotopic (exact) mass is 212 g/mol. The highest BCUT2D eigenvalue weighted by Crippen LogP contribution is 2.17. The van der Waals surface area contributed by atoms with Crippen LogP contribution in [0.2, 0.25) is 0 Å². The first-order valence-electron chi connectivity index (χ1n) is 5.33. The van der Waals surface area contributed by atoms with Crippen molar-refractivity contribution >= 4 is 11.3 Å². The summed E-state index contributed by atoms with van der Waals surface area (Å²) in [4.78, 5) is 4.44. The van der Waals surface area contributed by atoms with Crippen molar-refractivity contribution in [1.29, 1.82) is 0 Å². The van der Waals surface area contributed by atoms with Crippen LogP contribution in [0, 0.1) is 12.8 Å². The van der Waals surface area contributed by atoms with Crippen LogP contribution in [0.1, 0.15) is 37.4 Å². The second kappa shape index (κ2) is 5.47. The van der Waals surface area contributed by atoms with E-state index in [0.717, 1.165) is 12.1 Å². The van der Waals surface area contributed by atoms with Crippen molar-refractivity contribution < 1.29 is 0 Å². The highest BCUT2D eigenvalue weighted by Gasteiger charge is 2.15. The highest BCUT2D eigenvalue weighted by atomic mass is 32.1. The lowest BCUT2D eigenvalue weighted by atomic mass is 9.93. The molecule has 0 aliphatic rings. The van der Waals surface area contributed by atoms with E-state index >= 15 is 0 Å². The molecule has 1 rings (SSSR count).